The van der Waals surface area contributed by atoms with E-state index in [4.69, 9.17) is 0 Å². The molecular weight excluding hydrogens is 544 g/mol. The van der Waals surface area contributed by atoms with Crippen LogP contribution in [0.2, 0.25) is 0 Å². The van der Waals surface area contributed by atoms with E-state index in [1.54, 1.807) is 18.2 Å². The number of fused-ring (bicyclic) bond motifs is 1. The minimum absolute atomic E-state index is 0.160. The molecule has 2 aromatic heterocycles. The van der Waals surface area contributed by atoms with Crippen molar-refractivity contribution in [3.63, 3.8) is 0 Å². The van der Waals surface area contributed by atoms with Gasteiger partial charge in [-0.3, -0.25) is 4.40 Å². The summed E-state index contributed by atoms with van der Waals surface area (Å²) in [5.41, 5.74) is -0.216. The van der Waals surface area contributed by atoms with Gasteiger partial charge in [0.15, 0.2) is 5.69 Å². The fraction of sp³-hybridized carbons (Fsp3) is 0.667. The van der Waals surface area contributed by atoms with Crippen LogP contribution in [0.3, 0.4) is 0 Å². The Morgan fingerprint density at radius 1 is 1.24 bits per heavy atom. The number of alkyl halides is 6. The van der Waals surface area contributed by atoms with Crippen LogP contribution in [0.4, 0.5) is 19.0 Å². The fourth-order valence-electron chi connectivity index (χ4n) is 4.93. The Morgan fingerprint density at radius 2 is 1.94 bits per heavy atom. The molecule has 0 aliphatic heterocycles. The second-order valence-corrected chi connectivity index (χ2v) is 16.4. The molecule has 2 aliphatic rings. The maximum atomic E-state index is 13.0. The molecule has 2 atom stereocenters. The molecule has 0 spiro atoms. The first kappa shape index (κ1) is 24.6. The molecule has 0 saturated heterocycles. The van der Waals surface area contributed by atoms with E-state index in [9.17, 15) is 18.0 Å². The van der Waals surface area contributed by atoms with Gasteiger partial charge in [0.1, 0.15) is 5.65 Å². The zero-order chi connectivity index (χ0) is 23.8. The number of imidazole rings is 1. The monoisotopic (exact) mass is 578 g/mol. The maximum absolute atomic E-state index is 13.0. The van der Waals surface area contributed by atoms with Crippen molar-refractivity contribution in [3.05, 3.63) is 30.1 Å². The van der Waals surface area contributed by atoms with Crippen LogP contribution in [0.15, 0.2) is 24.4 Å². The number of amides is 1. The molecule has 0 bridgehead atoms. The first-order valence-electron chi connectivity index (χ1n) is 11.7. The number of halogens is 4. The quantitative estimate of drug-likeness (QED) is 0.303. The molecule has 4 rings (SSSR count). The Hall–Kier alpha value is -1.52. The summed E-state index contributed by atoms with van der Waals surface area (Å²) in [6, 6.07) is 5.41. The van der Waals surface area contributed by atoms with Gasteiger partial charge in [0, 0.05) is 6.20 Å². The fourth-order valence-corrected chi connectivity index (χ4v) is 10.6. The molecule has 2 aliphatic carbocycles. The van der Waals surface area contributed by atoms with E-state index in [-0.39, 0.29) is 23.6 Å². The Kier molecular flexibility index (Phi) is 7.17. The van der Waals surface area contributed by atoms with Crippen LogP contribution in [-0.4, -0.2) is 40.7 Å². The van der Waals surface area contributed by atoms with Crippen LogP contribution < -0.4 is 10.6 Å². The van der Waals surface area contributed by atoms with Crippen LogP contribution in [0.1, 0.15) is 64.5 Å². The molecular formula is C24H34F3IN4O. The molecule has 33 heavy (non-hydrogen) atoms. The van der Waals surface area contributed by atoms with Gasteiger partial charge < -0.3 is 0 Å². The molecule has 5 nitrogen and oxygen atoms in total. The van der Waals surface area contributed by atoms with Gasteiger partial charge in [-0.2, -0.15) is 13.2 Å². The first-order chi connectivity index (χ1) is 15.6. The third-order valence-electron chi connectivity index (χ3n) is 7.26. The van der Waals surface area contributed by atoms with E-state index in [0.29, 0.717) is 17.7 Å². The van der Waals surface area contributed by atoms with E-state index < -0.39 is 31.7 Å². The third kappa shape index (κ3) is 5.77. The van der Waals surface area contributed by atoms with Crippen molar-refractivity contribution >= 4 is 37.2 Å². The Morgan fingerprint density at radius 3 is 2.61 bits per heavy atom. The van der Waals surface area contributed by atoms with Crippen LogP contribution in [0.5, 0.6) is 0 Å². The van der Waals surface area contributed by atoms with Crippen molar-refractivity contribution in [2.45, 2.75) is 81.0 Å². The van der Waals surface area contributed by atoms with E-state index in [0.717, 1.165) is 42.2 Å². The van der Waals surface area contributed by atoms with E-state index >= 15 is 0 Å². The molecule has 1 amide bonds. The zero-order valence-corrected chi connectivity index (χ0v) is 21.7. The van der Waals surface area contributed by atoms with Gasteiger partial charge in [-0.1, -0.05) is 6.07 Å². The van der Waals surface area contributed by atoms with Crippen molar-refractivity contribution in [2.75, 3.05) is 14.7 Å². The molecule has 2 heterocycles. The van der Waals surface area contributed by atoms with Crippen LogP contribution in [0.25, 0.3) is 5.65 Å². The third-order valence-corrected chi connectivity index (χ3v) is 14.2. The standard InChI is InChI=1S/C24H34F3IN4O/c1-4-28(3)18-14-23(18,2)13-12-22(33)30-17-10-8-16(9-11-17)29-20-6-5-7-21-31-19(15-32(20)21)24(25,26)27/h5-7,15-18,29H,4,8-14H2,1-3H3,(H,30,33)/t16?,17?,18-,23-/m0/s1. The van der Waals surface area contributed by atoms with Gasteiger partial charge in [0.2, 0.25) is 0 Å². The number of nitrogens with one attached hydrogen (secondary N) is 2. The molecule has 9 heteroatoms. The number of nitrogens with zero attached hydrogens (tertiary/aromatic N) is 2. The van der Waals surface area contributed by atoms with Gasteiger partial charge in [-0.25, -0.2) is 4.98 Å². The van der Waals surface area contributed by atoms with Crippen LogP contribution in [0, 0.1) is 5.41 Å². The molecule has 0 radical (unpaired) electrons. The second kappa shape index (κ2) is 9.62. The summed E-state index contributed by atoms with van der Waals surface area (Å²) in [6.07, 6.45) is 2.96. The number of hydrogen-bond acceptors (Lipinski definition) is 3. The number of carbonyl (C=O) groups is 1. The number of aromatic nitrogens is 2. The average Bonchev–Trinajstić information content (AvgIpc) is 3.23. The molecule has 0 unspecified atom stereocenters. The molecule has 2 aromatic rings. The number of hydrogen-bond donors (Lipinski definition) is 2. The van der Waals surface area contributed by atoms with E-state index in [2.05, 4.69) is 34.4 Å². The molecule has 2 saturated carbocycles. The first-order valence-corrected chi connectivity index (χ1v) is 16.7. The Balaban J connectivity index is 1.24. The average molecular weight is 578 g/mol. The molecule has 2 N–H and O–H groups in total. The summed E-state index contributed by atoms with van der Waals surface area (Å²) in [4.78, 5) is 18.7. The molecule has 184 valence electrons. The van der Waals surface area contributed by atoms with Gasteiger partial charge in [-0.05, 0) is 12.1 Å². The molecule has 0 aromatic carbocycles. The number of anilines is 1. The topological polar surface area (TPSA) is 58.4 Å². The van der Waals surface area contributed by atoms with Gasteiger partial charge in [0.05, 0.1) is 0 Å². The van der Waals surface area contributed by atoms with Crippen molar-refractivity contribution in [2.24, 2.45) is 5.41 Å². The Bertz CT molecular complexity index is 986. The Labute approximate surface area is 200 Å². The summed E-state index contributed by atoms with van der Waals surface area (Å²) in [5.74, 6) is 0.773. The summed E-state index contributed by atoms with van der Waals surface area (Å²) < 4.78 is 42.8. The van der Waals surface area contributed by atoms with Gasteiger partial charge in [-0.15, -0.1) is 0 Å². The number of carbonyl (C=O) groups excluding carboxylic acids is 1. The van der Waals surface area contributed by atoms with Crippen LogP contribution in [-0.2, 0) is 11.0 Å². The summed E-state index contributed by atoms with van der Waals surface area (Å²) in [7, 11) is 0. The predicted molar refractivity (Wildman–Crippen MR) is 134 cm³/mol. The summed E-state index contributed by atoms with van der Waals surface area (Å²) in [5, 5.41) is 6.60. The summed E-state index contributed by atoms with van der Waals surface area (Å²) in [6.45, 7) is 4.65. The SMILES string of the molecule is CCI(C)[C@H]1C[C@]1(C)CCC(=O)NC1CCC(Nc2cccc3nc(C(F)(F)F)cn23)CC1. The van der Waals surface area contributed by atoms with E-state index in [1.807, 2.05) is 0 Å². The molecule has 2 fully saturated rings. The van der Waals surface area contributed by atoms with Crippen molar-refractivity contribution in [1.82, 2.24) is 14.7 Å². The zero-order valence-electron chi connectivity index (χ0n) is 19.5. The van der Waals surface area contributed by atoms with Gasteiger partial charge in [0.25, 0.3) is 0 Å². The number of pyridine rings is 1. The van der Waals surface area contributed by atoms with E-state index in [1.165, 1.54) is 15.2 Å². The second-order valence-electron chi connectivity index (χ2n) is 9.76. The summed E-state index contributed by atoms with van der Waals surface area (Å²) >= 11 is -0.802. The normalized spacial score (nSPS) is 27.9. The van der Waals surface area contributed by atoms with Gasteiger partial charge >= 0.3 is 143 Å². The van der Waals surface area contributed by atoms with Crippen LogP contribution >= 0.6 is 19.8 Å². The van der Waals surface area contributed by atoms with Crippen molar-refractivity contribution in [1.29, 1.82) is 0 Å². The van der Waals surface area contributed by atoms with Crippen molar-refractivity contribution in [3.8, 4) is 0 Å². The minimum atomic E-state index is -4.46. The number of rotatable bonds is 8. The predicted octanol–water partition coefficient (Wildman–Crippen LogP) is 5.91. The van der Waals surface area contributed by atoms with Crippen molar-refractivity contribution < 1.29 is 18.0 Å².